The van der Waals surface area contributed by atoms with Crippen molar-refractivity contribution in [3.05, 3.63) is 58.3 Å². The molecule has 0 unspecified atom stereocenters. The third-order valence-electron chi connectivity index (χ3n) is 5.01. The van der Waals surface area contributed by atoms with E-state index in [1.54, 1.807) is 24.4 Å². The second-order valence-electron chi connectivity index (χ2n) is 6.66. The summed E-state index contributed by atoms with van der Waals surface area (Å²) in [4.78, 5) is 21.9. The Morgan fingerprint density at radius 1 is 1.26 bits per heavy atom. The Bertz CT molecular complexity index is 965. The molecule has 5 nitrogen and oxygen atoms in total. The number of nitrogens with one attached hydrogen (secondary N) is 1. The molecular weight excluding hydrogens is 385 g/mol. The van der Waals surface area contributed by atoms with Gasteiger partial charge in [-0.3, -0.25) is 4.79 Å². The minimum atomic E-state index is -0.0399. The van der Waals surface area contributed by atoms with Crippen LogP contribution in [0.25, 0.3) is 11.0 Å². The largest absolute Gasteiger partial charge is 0.482 e. The highest BCUT2D eigenvalue weighted by Crippen LogP contribution is 2.33. The fourth-order valence-corrected chi connectivity index (χ4v) is 3.91. The molecule has 140 valence electrons. The summed E-state index contributed by atoms with van der Waals surface area (Å²) in [7, 11) is 0. The predicted octanol–water partition coefficient (Wildman–Crippen LogP) is 4.65. The molecular formula is C20H19Cl2N3O2. The summed E-state index contributed by atoms with van der Waals surface area (Å²) < 4.78 is 5.57. The van der Waals surface area contributed by atoms with Crippen molar-refractivity contribution in [1.82, 2.24) is 14.9 Å². The van der Waals surface area contributed by atoms with Gasteiger partial charge in [0.25, 0.3) is 5.91 Å². The van der Waals surface area contributed by atoms with Crippen LogP contribution in [0.3, 0.4) is 0 Å². The van der Waals surface area contributed by atoms with Crippen molar-refractivity contribution < 1.29 is 9.53 Å². The van der Waals surface area contributed by atoms with Crippen LogP contribution >= 0.6 is 23.2 Å². The molecule has 0 atom stereocenters. The molecule has 3 aromatic rings. The standard InChI is InChI=1S/C20H19Cl2N3O2/c21-14-3-4-17(22)18(10-14)27-12-19(26)25-8-5-13(6-9-25)16-11-24-20-15(16)2-1-7-23-20/h1-4,7,10-11,13H,5-6,8-9,12H2,(H,23,24). The molecule has 0 bridgehead atoms. The van der Waals surface area contributed by atoms with Crippen LogP contribution in [0.4, 0.5) is 0 Å². The number of halogens is 2. The first kappa shape index (κ1) is 18.1. The van der Waals surface area contributed by atoms with Gasteiger partial charge in [0.2, 0.25) is 0 Å². The van der Waals surface area contributed by atoms with Crippen molar-refractivity contribution in [2.75, 3.05) is 19.7 Å². The van der Waals surface area contributed by atoms with Crippen molar-refractivity contribution in [2.45, 2.75) is 18.8 Å². The SMILES string of the molecule is O=C(COc1cc(Cl)ccc1Cl)N1CCC(c2c[nH]c3ncccc23)CC1. The van der Waals surface area contributed by atoms with Crippen molar-refractivity contribution in [3.8, 4) is 5.75 Å². The van der Waals surface area contributed by atoms with Gasteiger partial charge >= 0.3 is 0 Å². The van der Waals surface area contributed by atoms with Crippen LogP contribution in [0.2, 0.25) is 10.0 Å². The van der Waals surface area contributed by atoms with Crippen LogP contribution in [-0.4, -0.2) is 40.5 Å². The Kier molecular flexibility index (Phi) is 5.23. The maximum Gasteiger partial charge on any atom is 0.260 e. The first-order valence-electron chi connectivity index (χ1n) is 8.89. The van der Waals surface area contributed by atoms with Crippen molar-refractivity contribution >= 4 is 40.1 Å². The number of fused-ring (bicyclic) bond motifs is 1. The molecule has 1 saturated heterocycles. The summed E-state index contributed by atoms with van der Waals surface area (Å²) >= 11 is 12.0. The number of benzene rings is 1. The Labute approximate surface area is 167 Å². The lowest BCUT2D eigenvalue weighted by Gasteiger charge is -2.32. The maximum absolute atomic E-state index is 12.5. The Morgan fingerprint density at radius 2 is 2.07 bits per heavy atom. The number of carbonyl (C=O) groups is 1. The van der Waals surface area contributed by atoms with Gasteiger partial charge in [0.1, 0.15) is 11.4 Å². The number of carbonyl (C=O) groups excluding carboxylic acids is 1. The molecule has 2 aromatic heterocycles. The molecule has 1 aliphatic rings. The van der Waals surface area contributed by atoms with E-state index in [2.05, 4.69) is 16.0 Å². The number of H-pyrrole nitrogens is 1. The molecule has 0 radical (unpaired) electrons. The van der Waals surface area contributed by atoms with E-state index in [1.807, 2.05) is 17.2 Å². The van der Waals surface area contributed by atoms with Gasteiger partial charge in [0, 0.05) is 42.0 Å². The maximum atomic E-state index is 12.5. The summed E-state index contributed by atoms with van der Waals surface area (Å²) in [5, 5.41) is 2.14. The van der Waals surface area contributed by atoms with E-state index in [-0.39, 0.29) is 12.5 Å². The predicted molar refractivity (Wildman–Crippen MR) is 107 cm³/mol. The van der Waals surface area contributed by atoms with E-state index in [0.717, 1.165) is 18.5 Å². The Hall–Kier alpha value is -2.24. The Morgan fingerprint density at radius 3 is 2.89 bits per heavy atom. The van der Waals surface area contributed by atoms with Crippen LogP contribution in [0.5, 0.6) is 5.75 Å². The van der Waals surface area contributed by atoms with E-state index in [0.29, 0.717) is 34.8 Å². The quantitative estimate of drug-likeness (QED) is 0.689. The van der Waals surface area contributed by atoms with Crippen molar-refractivity contribution in [1.29, 1.82) is 0 Å². The second-order valence-corrected chi connectivity index (χ2v) is 7.51. The lowest BCUT2D eigenvalue weighted by molar-refractivity contribution is -0.134. The molecule has 0 saturated carbocycles. The molecule has 3 heterocycles. The molecule has 1 aromatic carbocycles. The van der Waals surface area contributed by atoms with E-state index in [1.165, 1.54) is 10.9 Å². The molecule has 4 rings (SSSR count). The van der Waals surface area contributed by atoms with Gasteiger partial charge in [0.05, 0.1) is 5.02 Å². The zero-order valence-electron chi connectivity index (χ0n) is 14.6. The third kappa shape index (κ3) is 3.89. The normalized spacial score (nSPS) is 15.3. The van der Waals surface area contributed by atoms with Crippen LogP contribution in [0.1, 0.15) is 24.3 Å². The number of hydrogen-bond donors (Lipinski definition) is 1. The minimum absolute atomic E-state index is 0.0370. The topological polar surface area (TPSA) is 58.2 Å². The average molecular weight is 404 g/mol. The molecule has 1 N–H and O–H groups in total. The van der Waals surface area contributed by atoms with Crippen LogP contribution < -0.4 is 4.74 Å². The van der Waals surface area contributed by atoms with E-state index >= 15 is 0 Å². The van der Waals surface area contributed by atoms with Gasteiger partial charge < -0.3 is 14.6 Å². The number of aromatic amines is 1. The number of hydrogen-bond acceptors (Lipinski definition) is 3. The summed E-state index contributed by atoms with van der Waals surface area (Å²) in [5.74, 6) is 0.819. The average Bonchev–Trinajstić information content (AvgIpc) is 3.13. The number of rotatable bonds is 4. The summed E-state index contributed by atoms with van der Waals surface area (Å²) in [5.41, 5.74) is 2.20. The van der Waals surface area contributed by atoms with E-state index in [9.17, 15) is 4.79 Å². The van der Waals surface area contributed by atoms with Gasteiger partial charge in [0.15, 0.2) is 6.61 Å². The molecule has 0 spiro atoms. The minimum Gasteiger partial charge on any atom is -0.482 e. The van der Waals surface area contributed by atoms with Crippen LogP contribution in [0, 0.1) is 0 Å². The fourth-order valence-electron chi connectivity index (χ4n) is 3.57. The smallest absolute Gasteiger partial charge is 0.260 e. The molecule has 0 aliphatic carbocycles. The number of ether oxygens (including phenoxy) is 1. The fraction of sp³-hybridized carbons (Fsp3) is 0.300. The van der Waals surface area contributed by atoms with E-state index < -0.39 is 0 Å². The lowest BCUT2D eigenvalue weighted by atomic mass is 9.89. The summed E-state index contributed by atoms with van der Waals surface area (Å²) in [6, 6.07) is 9.01. The van der Waals surface area contributed by atoms with Crippen molar-refractivity contribution in [3.63, 3.8) is 0 Å². The molecule has 1 amide bonds. The first-order chi connectivity index (χ1) is 13.1. The molecule has 7 heteroatoms. The van der Waals surface area contributed by atoms with Crippen LogP contribution in [-0.2, 0) is 4.79 Å². The second kappa shape index (κ2) is 7.79. The highest BCUT2D eigenvalue weighted by atomic mass is 35.5. The number of likely N-dealkylation sites (tertiary alicyclic amines) is 1. The zero-order valence-corrected chi connectivity index (χ0v) is 16.1. The summed E-state index contributed by atoms with van der Waals surface area (Å²) in [6.45, 7) is 1.38. The lowest BCUT2D eigenvalue weighted by Crippen LogP contribution is -2.40. The zero-order chi connectivity index (χ0) is 18.8. The molecule has 1 aliphatic heterocycles. The van der Waals surface area contributed by atoms with Gasteiger partial charge in [-0.25, -0.2) is 4.98 Å². The monoisotopic (exact) mass is 403 g/mol. The summed E-state index contributed by atoms with van der Waals surface area (Å²) in [6.07, 6.45) is 5.68. The van der Waals surface area contributed by atoms with Gasteiger partial charge in [-0.1, -0.05) is 23.2 Å². The van der Waals surface area contributed by atoms with Gasteiger partial charge in [-0.2, -0.15) is 0 Å². The first-order valence-corrected chi connectivity index (χ1v) is 9.65. The molecule has 27 heavy (non-hydrogen) atoms. The van der Waals surface area contributed by atoms with E-state index in [4.69, 9.17) is 27.9 Å². The highest BCUT2D eigenvalue weighted by Gasteiger charge is 2.25. The molecule has 1 fully saturated rings. The third-order valence-corrected chi connectivity index (χ3v) is 5.56. The van der Waals surface area contributed by atoms with Crippen molar-refractivity contribution in [2.24, 2.45) is 0 Å². The highest BCUT2D eigenvalue weighted by molar-refractivity contribution is 6.34. The van der Waals surface area contributed by atoms with Gasteiger partial charge in [-0.05, 0) is 48.6 Å². The number of amides is 1. The Balaban J connectivity index is 1.35. The number of aromatic nitrogens is 2. The number of piperidine rings is 1. The number of nitrogens with zero attached hydrogens (tertiary/aromatic N) is 2. The van der Waals surface area contributed by atoms with Crippen LogP contribution in [0.15, 0.2) is 42.7 Å². The number of pyridine rings is 1. The van der Waals surface area contributed by atoms with Gasteiger partial charge in [-0.15, -0.1) is 0 Å².